The van der Waals surface area contributed by atoms with Gasteiger partial charge in [-0.25, -0.2) is 0 Å². The second-order valence-electron chi connectivity index (χ2n) is 4.49. The zero-order valence-corrected chi connectivity index (χ0v) is 11.3. The Hall–Kier alpha value is -0.540. The van der Waals surface area contributed by atoms with Crippen LogP contribution in [-0.2, 0) is 6.54 Å². The van der Waals surface area contributed by atoms with Crippen LogP contribution >= 0.6 is 15.9 Å². The van der Waals surface area contributed by atoms with Crippen molar-refractivity contribution in [2.45, 2.75) is 26.3 Å². The van der Waals surface area contributed by atoms with Crippen LogP contribution in [0.4, 0.5) is 5.69 Å². The molecule has 2 N–H and O–H groups in total. The highest BCUT2D eigenvalue weighted by Crippen LogP contribution is 2.29. The Morgan fingerprint density at radius 3 is 2.88 bits per heavy atom. The van der Waals surface area contributed by atoms with Gasteiger partial charge in [-0.1, -0.05) is 35.3 Å². The van der Waals surface area contributed by atoms with Crippen molar-refractivity contribution < 1.29 is 0 Å². The van der Waals surface area contributed by atoms with Crippen molar-refractivity contribution in [3.05, 3.63) is 28.2 Å². The zero-order valence-electron chi connectivity index (χ0n) is 9.75. The molecule has 1 atom stereocenters. The van der Waals surface area contributed by atoms with Crippen molar-refractivity contribution in [2.24, 2.45) is 11.7 Å². The third-order valence-electron chi connectivity index (χ3n) is 3.48. The van der Waals surface area contributed by atoms with Gasteiger partial charge in [0.1, 0.15) is 0 Å². The van der Waals surface area contributed by atoms with Crippen molar-refractivity contribution in [1.29, 1.82) is 0 Å². The number of nitrogens with two attached hydrogens (primary N) is 1. The fraction of sp³-hybridized carbons (Fsp3) is 0.538. The van der Waals surface area contributed by atoms with Crippen molar-refractivity contribution in [3.8, 4) is 0 Å². The molecule has 0 aliphatic carbocycles. The summed E-state index contributed by atoms with van der Waals surface area (Å²) in [6, 6.07) is 6.50. The molecule has 2 nitrogen and oxygen atoms in total. The molecule has 1 aliphatic rings. The minimum absolute atomic E-state index is 0.596. The van der Waals surface area contributed by atoms with Gasteiger partial charge >= 0.3 is 0 Å². The van der Waals surface area contributed by atoms with E-state index in [9.17, 15) is 0 Å². The molecule has 1 unspecified atom stereocenters. The van der Waals surface area contributed by atoms with Crippen molar-refractivity contribution >= 4 is 21.6 Å². The van der Waals surface area contributed by atoms with Gasteiger partial charge in [0.15, 0.2) is 0 Å². The molecule has 1 aliphatic heterocycles. The number of nitrogens with zero attached hydrogens (tertiary/aromatic N) is 1. The molecule has 1 fully saturated rings. The predicted molar refractivity (Wildman–Crippen MR) is 72.6 cm³/mol. The lowest BCUT2D eigenvalue weighted by Gasteiger charge is -2.19. The molecule has 88 valence electrons. The van der Waals surface area contributed by atoms with Gasteiger partial charge in [-0.3, -0.25) is 0 Å². The number of halogens is 1. The van der Waals surface area contributed by atoms with Gasteiger partial charge in [0.05, 0.1) is 0 Å². The minimum Gasteiger partial charge on any atom is -0.371 e. The van der Waals surface area contributed by atoms with Crippen LogP contribution < -0.4 is 10.6 Å². The molecule has 0 spiro atoms. The quantitative estimate of drug-likeness (QED) is 0.923. The minimum atomic E-state index is 0.596. The SMILES string of the molecule is CCC1CCN(c2ccc(CN)c(Br)c2)C1. The van der Waals surface area contributed by atoms with E-state index in [1.165, 1.54) is 37.2 Å². The maximum Gasteiger partial charge on any atom is 0.0377 e. The zero-order chi connectivity index (χ0) is 11.5. The Kier molecular flexibility index (Phi) is 3.87. The van der Waals surface area contributed by atoms with Gasteiger partial charge in [-0.15, -0.1) is 0 Å². The molecular formula is C13H19BrN2. The first-order valence-electron chi connectivity index (χ1n) is 5.98. The summed E-state index contributed by atoms with van der Waals surface area (Å²) in [6.45, 7) is 5.26. The predicted octanol–water partition coefficient (Wildman–Crippen LogP) is 3.14. The van der Waals surface area contributed by atoms with Crippen molar-refractivity contribution in [1.82, 2.24) is 0 Å². The number of anilines is 1. The molecule has 1 saturated heterocycles. The highest BCUT2D eigenvalue weighted by Gasteiger charge is 2.21. The maximum atomic E-state index is 5.65. The maximum absolute atomic E-state index is 5.65. The third kappa shape index (κ3) is 2.41. The Morgan fingerprint density at radius 1 is 1.50 bits per heavy atom. The number of benzene rings is 1. The lowest BCUT2D eigenvalue weighted by atomic mass is 10.1. The van der Waals surface area contributed by atoms with Crippen molar-refractivity contribution in [2.75, 3.05) is 18.0 Å². The normalized spacial score (nSPS) is 20.4. The summed E-state index contributed by atoms with van der Waals surface area (Å²) in [7, 11) is 0. The summed E-state index contributed by atoms with van der Waals surface area (Å²) in [5.41, 5.74) is 8.15. The molecule has 0 radical (unpaired) electrons. The van der Waals surface area contributed by atoms with E-state index in [0.717, 1.165) is 10.4 Å². The largest absolute Gasteiger partial charge is 0.371 e. The van der Waals surface area contributed by atoms with Gasteiger partial charge in [-0.2, -0.15) is 0 Å². The fourth-order valence-electron chi connectivity index (χ4n) is 2.30. The first-order valence-corrected chi connectivity index (χ1v) is 6.77. The molecule has 2 rings (SSSR count). The molecule has 0 saturated carbocycles. The average Bonchev–Trinajstić information content (AvgIpc) is 2.77. The van der Waals surface area contributed by atoms with Gasteiger partial charge in [0, 0.05) is 29.8 Å². The Labute approximate surface area is 106 Å². The van der Waals surface area contributed by atoms with Crippen LogP contribution in [-0.4, -0.2) is 13.1 Å². The molecule has 3 heteroatoms. The molecule has 0 aromatic heterocycles. The number of hydrogen-bond donors (Lipinski definition) is 1. The van der Waals surface area contributed by atoms with Crippen molar-refractivity contribution in [3.63, 3.8) is 0 Å². The highest BCUT2D eigenvalue weighted by atomic mass is 79.9. The lowest BCUT2D eigenvalue weighted by molar-refractivity contribution is 0.569. The second-order valence-corrected chi connectivity index (χ2v) is 5.34. The van der Waals surface area contributed by atoms with Crippen LogP contribution in [0.2, 0.25) is 0 Å². The van der Waals surface area contributed by atoms with Crippen LogP contribution in [0.15, 0.2) is 22.7 Å². The van der Waals surface area contributed by atoms with Gasteiger partial charge in [-0.05, 0) is 30.0 Å². The molecular weight excluding hydrogens is 264 g/mol. The molecule has 0 bridgehead atoms. The lowest BCUT2D eigenvalue weighted by Crippen LogP contribution is -2.19. The summed E-state index contributed by atoms with van der Waals surface area (Å²) >= 11 is 3.58. The molecule has 1 aromatic rings. The molecule has 1 heterocycles. The van der Waals surface area contributed by atoms with E-state index in [1.54, 1.807) is 0 Å². The van der Waals surface area contributed by atoms with E-state index in [2.05, 4.69) is 46.0 Å². The number of rotatable bonds is 3. The van der Waals surface area contributed by atoms with E-state index < -0.39 is 0 Å². The number of hydrogen-bond acceptors (Lipinski definition) is 2. The Bertz CT molecular complexity index is 365. The topological polar surface area (TPSA) is 29.3 Å². The third-order valence-corrected chi connectivity index (χ3v) is 4.22. The summed E-state index contributed by atoms with van der Waals surface area (Å²) in [5, 5.41) is 0. The first-order chi connectivity index (χ1) is 7.74. The average molecular weight is 283 g/mol. The van der Waals surface area contributed by atoms with E-state index in [-0.39, 0.29) is 0 Å². The van der Waals surface area contributed by atoms with E-state index in [4.69, 9.17) is 5.73 Å². The van der Waals surface area contributed by atoms with Gasteiger partial charge in [0.25, 0.3) is 0 Å². The second kappa shape index (κ2) is 5.19. The molecule has 16 heavy (non-hydrogen) atoms. The smallest absolute Gasteiger partial charge is 0.0377 e. The van der Waals surface area contributed by atoms with Crippen LogP contribution in [0, 0.1) is 5.92 Å². The van der Waals surface area contributed by atoms with Crippen LogP contribution in [0.3, 0.4) is 0 Å². The fourth-order valence-corrected chi connectivity index (χ4v) is 2.83. The van der Waals surface area contributed by atoms with Gasteiger partial charge < -0.3 is 10.6 Å². The van der Waals surface area contributed by atoms with E-state index in [1.807, 2.05) is 0 Å². The summed E-state index contributed by atoms with van der Waals surface area (Å²) in [6.07, 6.45) is 2.62. The summed E-state index contributed by atoms with van der Waals surface area (Å²) in [4.78, 5) is 2.47. The Balaban J connectivity index is 2.13. The van der Waals surface area contributed by atoms with E-state index >= 15 is 0 Å². The van der Waals surface area contributed by atoms with Crippen LogP contribution in [0.25, 0.3) is 0 Å². The standard InChI is InChI=1S/C13H19BrN2/c1-2-10-5-6-16(9-10)12-4-3-11(8-15)13(14)7-12/h3-4,7,10H,2,5-6,8-9,15H2,1H3. The summed E-state index contributed by atoms with van der Waals surface area (Å²) < 4.78 is 1.13. The van der Waals surface area contributed by atoms with Crippen LogP contribution in [0.1, 0.15) is 25.3 Å². The highest BCUT2D eigenvalue weighted by molar-refractivity contribution is 9.10. The Morgan fingerprint density at radius 2 is 2.31 bits per heavy atom. The summed E-state index contributed by atoms with van der Waals surface area (Å²) in [5.74, 6) is 0.868. The van der Waals surface area contributed by atoms with Crippen LogP contribution in [0.5, 0.6) is 0 Å². The monoisotopic (exact) mass is 282 g/mol. The van der Waals surface area contributed by atoms with E-state index in [0.29, 0.717) is 6.54 Å². The molecule has 1 aromatic carbocycles. The first kappa shape index (κ1) is 11.9. The van der Waals surface area contributed by atoms with Gasteiger partial charge in [0.2, 0.25) is 0 Å². The molecule has 0 amide bonds.